The third kappa shape index (κ3) is 3.84. The van der Waals surface area contributed by atoms with Crippen LogP contribution in [0.4, 0.5) is 0 Å². The van der Waals surface area contributed by atoms with E-state index in [9.17, 15) is 0 Å². The number of fused-ring (bicyclic) bond motifs is 1. The van der Waals surface area contributed by atoms with Gasteiger partial charge in [-0.15, -0.1) is 0 Å². The molecule has 3 rings (SSSR count). The molecule has 2 heteroatoms. The molecule has 2 nitrogen and oxygen atoms in total. The first-order valence-electron chi connectivity index (χ1n) is 8.83. The van der Waals surface area contributed by atoms with Crippen molar-refractivity contribution in [1.29, 1.82) is 0 Å². The Balaban J connectivity index is 2.11. The van der Waals surface area contributed by atoms with Gasteiger partial charge in [0.05, 0.1) is 0 Å². The molecule has 0 saturated heterocycles. The predicted molar refractivity (Wildman–Crippen MR) is 107 cm³/mol. The van der Waals surface area contributed by atoms with E-state index in [1.807, 2.05) is 30.4 Å². The van der Waals surface area contributed by atoms with Crippen LogP contribution in [-0.4, -0.2) is 4.98 Å². The van der Waals surface area contributed by atoms with Gasteiger partial charge < -0.3 is 4.42 Å². The number of aromatic nitrogens is 1. The summed E-state index contributed by atoms with van der Waals surface area (Å²) in [5.41, 5.74) is 5.54. The fourth-order valence-corrected chi connectivity index (χ4v) is 2.84. The highest BCUT2D eigenvalue weighted by atomic mass is 16.3. The number of benzene rings is 2. The molecule has 0 radical (unpaired) electrons. The van der Waals surface area contributed by atoms with Gasteiger partial charge in [-0.3, -0.25) is 0 Å². The SMILES string of the molecule is CC(C)(C)c1cc(C(C)(C)C)c2oc(C=Cc3ccccc3)nc2c1. The molecule has 1 heterocycles. The van der Waals surface area contributed by atoms with Gasteiger partial charge in [0, 0.05) is 11.6 Å². The van der Waals surface area contributed by atoms with Crippen LogP contribution in [0.3, 0.4) is 0 Å². The Hall–Kier alpha value is -2.35. The van der Waals surface area contributed by atoms with Gasteiger partial charge in [0.15, 0.2) is 5.58 Å². The maximum atomic E-state index is 6.12. The van der Waals surface area contributed by atoms with Crippen molar-refractivity contribution in [3.63, 3.8) is 0 Å². The summed E-state index contributed by atoms with van der Waals surface area (Å²) in [4.78, 5) is 4.72. The predicted octanol–water partition coefficient (Wildman–Crippen LogP) is 6.59. The van der Waals surface area contributed by atoms with Crippen LogP contribution in [0.2, 0.25) is 0 Å². The van der Waals surface area contributed by atoms with Crippen molar-refractivity contribution in [2.75, 3.05) is 0 Å². The minimum absolute atomic E-state index is 0.000538. The molecule has 0 saturated carbocycles. The zero-order valence-electron chi connectivity index (χ0n) is 16.1. The fraction of sp³-hybridized carbons (Fsp3) is 0.348. The first-order valence-corrected chi connectivity index (χ1v) is 8.83. The second-order valence-electron chi connectivity index (χ2n) is 8.67. The fourth-order valence-electron chi connectivity index (χ4n) is 2.84. The quantitative estimate of drug-likeness (QED) is 0.528. The Bertz CT molecular complexity index is 903. The molecule has 130 valence electrons. The van der Waals surface area contributed by atoms with E-state index in [0.29, 0.717) is 5.89 Å². The molecule has 25 heavy (non-hydrogen) atoms. The smallest absolute Gasteiger partial charge is 0.220 e. The topological polar surface area (TPSA) is 26.0 Å². The molecular formula is C23H27NO. The Labute approximate surface area is 150 Å². The van der Waals surface area contributed by atoms with Crippen LogP contribution >= 0.6 is 0 Å². The second kappa shape index (κ2) is 6.18. The van der Waals surface area contributed by atoms with E-state index in [1.165, 1.54) is 11.1 Å². The highest BCUT2D eigenvalue weighted by Gasteiger charge is 2.24. The lowest BCUT2D eigenvalue weighted by Gasteiger charge is -2.24. The lowest BCUT2D eigenvalue weighted by molar-refractivity contribution is 0.543. The van der Waals surface area contributed by atoms with Crippen molar-refractivity contribution >= 4 is 23.3 Å². The maximum Gasteiger partial charge on any atom is 0.220 e. The van der Waals surface area contributed by atoms with Gasteiger partial charge in [-0.2, -0.15) is 0 Å². The monoisotopic (exact) mass is 333 g/mol. The molecule has 0 aliphatic carbocycles. The zero-order valence-corrected chi connectivity index (χ0v) is 16.1. The Kier molecular flexibility index (Phi) is 4.32. The Morgan fingerprint density at radius 1 is 0.840 bits per heavy atom. The molecule has 0 atom stereocenters. The second-order valence-corrected chi connectivity index (χ2v) is 8.67. The van der Waals surface area contributed by atoms with Crippen molar-refractivity contribution < 1.29 is 4.42 Å². The molecule has 0 aliphatic heterocycles. The van der Waals surface area contributed by atoms with Crippen LogP contribution in [0.1, 0.15) is 64.1 Å². The van der Waals surface area contributed by atoms with E-state index in [4.69, 9.17) is 9.40 Å². The summed E-state index contributed by atoms with van der Waals surface area (Å²) < 4.78 is 6.12. The molecular weight excluding hydrogens is 306 g/mol. The molecule has 0 N–H and O–H groups in total. The average molecular weight is 333 g/mol. The van der Waals surface area contributed by atoms with Crippen LogP contribution < -0.4 is 0 Å². The van der Waals surface area contributed by atoms with E-state index < -0.39 is 0 Å². The van der Waals surface area contributed by atoms with Gasteiger partial charge in [-0.05, 0) is 34.1 Å². The summed E-state index contributed by atoms with van der Waals surface area (Å²) in [5, 5.41) is 0. The first kappa shape index (κ1) is 17.5. The van der Waals surface area contributed by atoms with Gasteiger partial charge in [0.25, 0.3) is 0 Å². The number of hydrogen-bond acceptors (Lipinski definition) is 2. The summed E-state index contributed by atoms with van der Waals surface area (Å²) >= 11 is 0. The molecule has 0 unspecified atom stereocenters. The third-order valence-corrected chi connectivity index (χ3v) is 4.40. The van der Waals surface area contributed by atoms with Crippen molar-refractivity contribution in [3.05, 3.63) is 65.0 Å². The molecule has 0 spiro atoms. The zero-order chi connectivity index (χ0) is 18.2. The molecule has 0 fully saturated rings. The third-order valence-electron chi connectivity index (χ3n) is 4.40. The normalized spacial score (nSPS) is 13.0. The number of hydrogen-bond donors (Lipinski definition) is 0. The lowest BCUT2D eigenvalue weighted by atomic mass is 9.80. The number of rotatable bonds is 2. The summed E-state index contributed by atoms with van der Waals surface area (Å²) in [6.45, 7) is 13.4. The van der Waals surface area contributed by atoms with Crippen molar-refractivity contribution in [2.45, 2.75) is 52.4 Å². The van der Waals surface area contributed by atoms with E-state index in [-0.39, 0.29) is 10.8 Å². The highest BCUT2D eigenvalue weighted by Crippen LogP contribution is 2.35. The number of oxazole rings is 1. The van der Waals surface area contributed by atoms with Crippen molar-refractivity contribution in [1.82, 2.24) is 4.98 Å². The molecule has 2 aromatic carbocycles. The average Bonchev–Trinajstić information content (AvgIpc) is 2.94. The lowest BCUT2D eigenvalue weighted by Crippen LogP contribution is -2.16. The van der Waals surface area contributed by atoms with Crippen LogP contribution in [-0.2, 0) is 10.8 Å². The summed E-state index contributed by atoms with van der Waals surface area (Å²) in [6, 6.07) is 14.6. The molecule has 0 amide bonds. The minimum atomic E-state index is -0.000538. The molecule has 0 aliphatic rings. The van der Waals surface area contributed by atoms with Crippen LogP contribution in [0.25, 0.3) is 23.3 Å². The standard InChI is InChI=1S/C23H27NO/c1-22(2,3)17-14-18(23(4,5)6)21-19(15-17)24-20(25-21)13-12-16-10-8-7-9-11-16/h7-15H,1-6H3. The summed E-state index contributed by atoms with van der Waals surface area (Å²) in [7, 11) is 0. The van der Waals surface area contributed by atoms with E-state index in [0.717, 1.165) is 16.7 Å². The van der Waals surface area contributed by atoms with Crippen LogP contribution in [0.15, 0.2) is 46.9 Å². The molecule has 1 aromatic heterocycles. The Morgan fingerprint density at radius 2 is 1.52 bits per heavy atom. The van der Waals surface area contributed by atoms with Gasteiger partial charge in [-0.1, -0.05) is 77.9 Å². The van der Waals surface area contributed by atoms with Gasteiger partial charge in [0.2, 0.25) is 5.89 Å². The summed E-state index contributed by atoms with van der Waals surface area (Å²) in [6.07, 6.45) is 3.98. The van der Waals surface area contributed by atoms with Crippen molar-refractivity contribution in [2.24, 2.45) is 0 Å². The van der Waals surface area contributed by atoms with Gasteiger partial charge in [-0.25, -0.2) is 4.98 Å². The molecule has 0 bridgehead atoms. The first-order chi connectivity index (χ1) is 11.6. The largest absolute Gasteiger partial charge is 0.436 e. The van der Waals surface area contributed by atoms with Crippen molar-refractivity contribution in [3.8, 4) is 0 Å². The number of nitrogens with zero attached hydrogens (tertiary/aromatic N) is 1. The van der Waals surface area contributed by atoms with E-state index in [2.05, 4.69) is 65.8 Å². The minimum Gasteiger partial charge on any atom is -0.436 e. The van der Waals surface area contributed by atoms with Crippen LogP contribution in [0, 0.1) is 0 Å². The Morgan fingerprint density at radius 3 is 2.12 bits per heavy atom. The van der Waals surface area contributed by atoms with Gasteiger partial charge >= 0.3 is 0 Å². The highest BCUT2D eigenvalue weighted by molar-refractivity contribution is 5.81. The molecule has 3 aromatic rings. The van der Waals surface area contributed by atoms with E-state index >= 15 is 0 Å². The van der Waals surface area contributed by atoms with E-state index in [1.54, 1.807) is 0 Å². The maximum absolute atomic E-state index is 6.12. The van der Waals surface area contributed by atoms with Gasteiger partial charge in [0.1, 0.15) is 5.52 Å². The van der Waals surface area contributed by atoms with Crippen LogP contribution in [0.5, 0.6) is 0 Å². The summed E-state index contributed by atoms with van der Waals surface area (Å²) in [5.74, 6) is 0.649.